The molecule has 4 rings (SSSR count). The van der Waals surface area contributed by atoms with Crippen LogP contribution in [0.4, 0.5) is 5.69 Å². The number of methoxy groups -OCH3 is 1. The number of piperazine rings is 1. The number of benzene rings is 2. The molecule has 1 saturated heterocycles. The van der Waals surface area contributed by atoms with Crippen molar-refractivity contribution in [3.63, 3.8) is 0 Å². The van der Waals surface area contributed by atoms with Gasteiger partial charge in [-0.1, -0.05) is 30.3 Å². The zero-order chi connectivity index (χ0) is 21.1. The molecule has 0 amide bonds. The Bertz CT molecular complexity index is 964. The van der Waals surface area contributed by atoms with Crippen molar-refractivity contribution in [1.82, 2.24) is 4.31 Å². The van der Waals surface area contributed by atoms with Gasteiger partial charge in [-0.15, -0.1) is 0 Å². The zero-order valence-electron chi connectivity index (χ0n) is 17.2. The molecule has 1 heterocycles. The summed E-state index contributed by atoms with van der Waals surface area (Å²) >= 11 is 0. The molecule has 1 aliphatic carbocycles. The van der Waals surface area contributed by atoms with Gasteiger partial charge in [-0.2, -0.15) is 12.7 Å². The number of nitrogens with two attached hydrogens (primary N) is 1. The maximum Gasteiger partial charge on any atom is 0.277 e. The van der Waals surface area contributed by atoms with Crippen molar-refractivity contribution in [2.75, 3.05) is 31.6 Å². The van der Waals surface area contributed by atoms with E-state index in [1.165, 1.54) is 10.7 Å². The summed E-state index contributed by atoms with van der Waals surface area (Å²) in [5, 5.41) is 5.52. The molecule has 2 aromatic rings. The summed E-state index contributed by atoms with van der Waals surface area (Å²) in [6.07, 6.45) is 4.19. The van der Waals surface area contributed by atoms with E-state index in [2.05, 4.69) is 4.90 Å². The van der Waals surface area contributed by atoms with Crippen LogP contribution in [-0.2, 0) is 16.6 Å². The van der Waals surface area contributed by atoms with Crippen molar-refractivity contribution in [3.8, 4) is 11.5 Å². The van der Waals surface area contributed by atoms with E-state index in [9.17, 15) is 8.42 Å². The van der Waals surface area contributed by atoms with Crippen LogP contribution < -0.4 is 19.5 Å². The van der Waals surface area contributed by atoms with Crippen LogP contribution in [0.1, 0.15) is 24.8 Å². The average molecular weight is 432 g/mol. The summed E-state index contributed by atoms with van der Waals surface area (Å²) in [4.78, 5) is 2.20. The fourth-order valence-corrected chi connectivity index (χ4v) is 4.98. The summed E-state index contributed by atoms with van der Waals surface area (Å²) in [5.74, 6) is 1.46. The Morgan fingerprint density at radius 3 is 2.47 bits per heavy atom. The summed E-state index contributed by atoms with van der Waals surface area (Å²) in [6, 6.07) is 15.6. The lowest BCUT2D eigenvalue weighted by Crippen LogP contribution is -2.57. The molecule has 0 radical (unpaired) electrons. The van der Waals surface area contributed by atoms with Crippen molar-refractivity contribution in [3.05, 3.63) is 54.1 Å². The van der Waals surface area contributed by atoms with E-state index in [1.54, 1.807) is 7.11 Å². The van der Waals surface area contributed by atoms with Gasteiger partial charge in [0.15, 0.2) is 11.5 Å². The zero-order valence-corrected chi connectivity index (χ0v) is 18.1. The molecule has 2 N–H and O–H groups in total. The van der Waals surface area contributed by atoms with Gasteiger partial charge in [-0.3, -0.25) is 0 Å². The molecule has 0 spiro atoms. The highest BCUT2D eigenvalue weighted by atomic mass is 32.2. The highest BCUT2D eigenvalue weighted by molar-refractivity contribution is 7.86. The number of hydrogen-bond donors (Lipinski definition) is 1. The van der Waals surface area contributed by atoms with Crippen molar-refractivity contribution >= 4 is 15.9 Å². The van der Waals surface area contributed by atoms with Gasteiger partial charge < -0.3 is 14.4 Å². The molecular formula is C22H29N3O4S. The molecule has 0 bridgehead atoms. The van der Waals surface area contributed by atoms with Gasteiger partial charge in [0.2, 0.25) is 0 Å². The van der Waals surface area contributed by atoms with Crippen molar-refractivity contribution < 1.29 is 17.9 Å². The number of rotatable bonds is 7. The Balaban J connectivity index is 1.56. The van der Waals surface area contributed by atoms with Gasteiger partial charge in [0, 0.05) is 37.4 Å². The van der Waals surface area contributed by atoms with E-state index in [-0.39, 0.29) is 12.1 Å². The summed E-state index contributed by atoms with van der Waals surface area (Å²) in [7, 11) is -2.13. The molecule has 7 nitrogen and oxygen atoms in total. The maximum absolute atomic E-state index is 12.2. The fraction of sp³-hybridized carbons (Fsp3) is 0.455. The molecule has 1 saturated carbocycles. The van der Waals surface area contributed by atoms with Crippen molar-refractivity contribution in [1.29, 1.82) is 0 Å². The SMILES string of the molecule is COc1ccc(N2CCN(S(N)(=O)=O)C(Cc3ccccc3)C2)cc1OC1CCC1. The minimum atomic E-state index is -3.77. The molecule has 0 aromatic heterocycles. The lowest BCUT2D eigenvalue weighted by Gasteiger charge is -2.41. The number of hydrogen-bond acceptors (Lipinski definition) is 5. The predicted molar refractivity (Wildman–Crippen MR) is 117 cm³/mol. The molecule has 162 valence electrons. The third kappa shape index (κ3) is 4.71. The first kappa shape index (κ1) is 21.0. The summed E-state index contributed by atoms with van der Waals surface area (Å²) < 4.78 is 37.4. The number of ether oxygens (including phenoxy) is 2. The fourth-order valence-electron chi connectivity index (χ4n) is 4.08. The quantitative estimate of drug-likeness (QED) is 0.728. The van der Waals surface area contributed by atoms with Crippen LogP contribution in [-0.4, -0.2) is 51.6 Å². The highest BCUT2D eigenvalue weighted by Gasteiger charge is 2.34. The molecule has 1 aliphatic heterocycles. The number of anilines is 1. The van der Waals surface area contributed by atoms with E-state index in [0.29, 0.717) is 26.1 Å². The Kier molecular flexibility index (Phi) is 6.17. The topological polar surface area (TPSA) is 85.1 Å². The lowest BCUT2D eigenvalue weighted by molar-refractivity contribution is 0.116. The minimum Gasteiger partial charge on any atom is -0.493 e. The highest BCUT2D eigenvalue weighted by Crippen LogP contribution is 2.36. The van der Waals surface area contributed by atoms with E-state index < -0.39 is 10.2 Å². The Morgan fingerprint density at radius 2 is 1.83 bits per heavy atom. The first-order chi connectivity index (χ1) is 14.4. The summed E-state index contributed by atoms with van der Waals surface area (Å²) in [6.45, 7) is 1.47. The first-order valence-corrected chi connectivity index (χ1v) is 11.9. The minimum absolute atomic E-state index is 0.241. The van der Waals surface area contributed by atoms with Crippen LogP contribution in [0.3, 0.4) is 0 Å². The standard InChI is InChI=1S/C22H29N3O4S/c1-28-21-11-10-18(15-22(21)29-20-8-5-9-20)24-12-13-25(30(23,26)27)19(16-24)14-17-6-3-2-4-7-17/h2-4,6-7,10-11,15,19-20H,5,8-9,12-14,16H2,1H3,(H2,23,26,27). The van der Waals surface area contributed by atoms with Crippen LogP contribution in [0.25, 0.3) is 0 Å². The molecule has 2 aromatic carbocycles. The molecule has 1 unspecified atom stereocenters. The van der Waals surface area contributed by atoms with Crippen LogP contribution >= 0.6 is 0 Å². The van der Waals surface area contributed by atoms with E-state index in [1.807, 2.05) is 48.5 Å². The molecule has 2 aliphatic rings. The second-order valence-electron chi connectivity index (χ2n) is 7.95. The predicted octanol–water partition coefficient (Wildman–Crippen LogP) is 2.56. The van der Waals surface area contributed by atoms with Crippen LogP contribution in [0.2, 0.25) is 0 Å². The number of nitrogens with zero attached hydrogens (tertiary/aromatic N) is 2. The van der Waals surface area contributed by atoms with E-state index in [4.69, 9.17) is 14.6 Å². The van der Waals surface area contributed by atoms with Gasteiger partial charge in [-0.05, 0) is 43.4 Å². The second-order valence-corrected chi connectivity index (χ2v) is 9.45. The van der Waals surface area contributed by atoms with Gasteiger partial charge >= 0.3 is 0 Å². The molecule has 1 atom stereocenters. The monoisotopic (exact) mass is 431 g/mol. The van der Waals surface area contributed by atoms with Crippen LogP contribution in [0.5, 0.6) is 11.5 Å². The third-order valence-electron chi connectivity index (χ3n) is 5.93. The lowest BCUT2D eigenvalue weighted by atomic mass is 9.96. The molecule has 2 fully saturated rings. The van der Waals surface area contributed by atoms with E-state index >= 15 is 0 Å². The van der Waals surface area contributed by atoms with Crippen LogP contribution in [0, 0.1) is 0 Å². The van der Waals surface area contributed by atoms with Gasteiger partial charge in [0.25, 0.3) is 10.2 Å². The Hall–Kier alpha value is -2.29. The molecule has 8 heteroatoms. The van der Waals surface area contributed by atoms with E-state index in [0.717, 1.165) is 35.6 Å². The van der Waals surface area contributed by atoms with Crippen molar-refractivity contribution in [2.24, 2.45) is 5.14 Å². The Labute approximate surface area is 178 Å². The maximum atomic E-state index is 12.2. The largest absolute Gasteiger partial charge is 0.493 e. The van der Waals surface area contributed by atoms with Gasteiger partial charge in [-0.25, -0.2) is 5.14 Å². The second kappa shape index (κ2) is 8.83. The smallest absolute Gasteiger partial charge is 0.277 e. The molecular weight excluding hydrogens is 402 g/mol. The van der Waals surface area contributed by atoms with Crippen LogP contribution in [0.15, 0.2) is 48.5 Å². The average Bonchev–Trinajstić information content (AvgIpc) is 2.70. The van der Waals surface area contributed by atoms with Crippen molar-refractivity contribution in [2.45, 2.75) is 37.8 Å². The third-order valence-corrected chi connectivity index (χ3v) is 7.06. The first-order valence-electron chi connectivity index (χ1n) is 10.4. The van der Waals surface area contributed by atoms with Gasteiger partial charge in [0.1, 0.15) is 0 Å². The molecule has 30 heavy (non-hydrogen) atoms. The Morgan fingerprint density at radius 1 is 1.07 bits per heavy atom. The van der Waals surface area contributed by atoms with Gasteiger partial charge in [0.05, 0.1) is 13.2 Å². The summed E-state index contributed by atoms with van der Waals surface area (Å²) in [5.41, 5.74) is 2.08. The normalized spacial score (nSPS) is 20.6.